The van der Waals surface area contributed by atoms with E-state index in [2.05, 4.69) is 25.6 Å². The number of benzene rings is 1. The molecule has 14 heteroatoms. The van der Waals surface area contributed by atoms with Gasteiger partial charge in [-0.15, -0.1) is 6.58 Å². The fraction of sp³-hybridized carbons (Fsp3) is 0.739. The normalized spacial score (nSPS) is 37.4. The second kappa shape index (κ2) is 20.5. The molecule has 0 bridgehead atoms. The zero-order valence-electron chi connectivity index (χ0n) is 38.7. The minimum atomic E-state index is -1.38. The Morgan fingerprint density at radius 2 is 1.67 bits per heavy atom. The first-order valence-electron chi connectivity index (χ1n) is 21.4. The number of ether oxygens (including phenoxy) is 8. The quantitative estimate of drug-likeness (QED) is 0.0891. The Morgan fingerprint density at radius 1 is 1.02 bits per heavy atom. The van der Waals surface area contributed by atoms with Crippen molar-refractivity contribution in [2.24, 2.45) is 28.8 Å². The molecule has 14 atom stereocenters. The highest BCUT2D eigenvalue weighted by molar-refractivity contribution is 5.89. The molecule has 14 nitrogen and oxygen atoms in total. The molecule has 0 amide bonds. The Hall–Kier alpha value is -3.56. The monoisotopic (exact) mass is 845 g/mol. The van der Waals surface area contributed by atoms with Gasteiger partial charge in [-0.3, -0.25) is 9.59 Å². The fourth-order valence-electron chi connectivity index (χ4n) is 9.76. The standard InChI is InChI=1S/C46H72N2O12/c1-17-19-53-38-31(9)40(58-43-39(56-33(11)49)35(48(14)15)22-29(7)55-43)45(12,52-16)23-28(6)37(47-54-24-34-26(4)20-25(3)21-27(34)5)30(8)41-46(13,60-44(51)59-41)36(18-2)57-42(50)32(38)10/h17,20-21,28-32,35-36,38-41,43H,1,18-19,22-24H2,2-16H3/b47-37+/t28-,29-,30+,31+,32-,35+,36-,38+,39-,40-,41-,43+,45-,46-/m1/s1. The van der Waals surface area contributed by atoms with Crippen LogP contribution in [-0.4, -0.2) is 117 Å². The number of oxime groups is 1. The van der Waals surface area contributed by atoms with Crippen LogP contribution in [0, 0.1) is 44.4 Å². The first kappa shape index (κ1) is 49.1. The minimum absolute atomic E-state index is 0.128. The molecule has 0 aromatic heterocycles. The van der Waals surface area contributed by atoms with Crippen LogP contribution in [0.4, 0.5) is 4.79 Å². The number of methoxy groups -OCH3 is 1. The largest absolute Gasteiger partial charge is 0.509 e. The number of aryl methyl sites for hydroxylation is 3. The molecule has 60 heavy (non-hydrogen) atoms. The van der Waals surface area contributed by atoms with Crippen molar-refractivity contribution in [1.82, 2.24) is 4.90 Å². The molecule has 3 heterocycles. The van der Waals surface area contributed by atoms with Crippen LogP contribution in [0.15, 0.2) is 29.9 Å². The number of carbonyl (C=O) groups excluding carboxylic acids is 3. The predicted molar refractivity (Wildman–Crippen MR) is 226 cm³/mol. The molecule has 1 aromatic carbocycles. The molecule has 0 unspecified atom stereocenters. The van der Waals surface area contributed by atoms with Crippen LogP contribution in [-0.2, 0) is 58.9 Å². The zero-order valence-corrected chi connectivity index (χ0v) is 38.7. The average Bonchev–Trinajstić information content (AvgIpc) is 3.48. The van der Waals surface area contributed by atoms with E-state index in [1.54, 1.807) is 27.0 Å². The minimum Gasteiger partial charge on any atom is -0.458 e. The van der Waals surface area contributed by atoms with Gasteiger partial charge in [-0.25, -0.2) is 4.79 Å². The molecule has 0 spiro atoms. The van der Waals surface area contributed by atoms with Gasteiger partial charge in [0, 0.05) is 31.8 Å². The van der Waals surface area contributed by atoms with E-state index >= 15 is 0 Å². The van der Waals surface area contributed by atoms with E-state index < -0.39 is 83.9 Å². The maximum absolute atomic E-state index is 14.4. The van der Waals surface area contributed by atoms with Gasteiger partial charge in [0.2, 0.25) is 0 Å². The number of likely N-dealkylation sites (N-methyl/N-ethyl adjacent to an activating group) is 1. The van der Waals surface area contributed by atoms with Gasteiger partial charge in [-0.2, -0.15) is 0 Å². The van der Waals surface area contributed by atoms with Crippen LogP contribution in [0.5, 0.6) is 0 Å². The average molecular weight is 845 g/mol. The Morgan fingerprint density at radius 3 is 2.23 bits per heavy atom. The van der Waals surface area contributed by atoms with Crippen LogP contribution in [0.1, 0.15) is 104 Å². The van der Waals surface area contributed by atoms with Gasteiger partial charge in [0.05, 0.1) is 48.2 Å². The van der Waals surface area contributed by atoms with Gasteiger partial charge in [0.25, 0.3) is 0 Å². The molecule has 3 aliphatic rings. The Balaban J connectivity index is 1.92. The zero-order chi connectivity index (χ0) is 44.9. The highest BCUT2D eigenvalue weighted by Crippen LogP contribution is 2.43. The second-order valence-electron chi connectivity index (χ2n) is 17.9. The number of nitrogens with zero attached hydrogens (tertiary/aromatic N) is 2. The molecule has 0 N–H and O–H groups in total. The van der Waals surface area contributed by atoms with Gasteiger partial charge < -0.3 is 47.6 Å². The third kappa shape index (κ3) is 10.9. The molecule has 1 aromatic rings. The number of carbonyl (C=O) groups is 3. The lowest BCUT2D eigenvalue weighted by Crippen LogP contribution is -2.61. The van der Waals surface area contributed by atoms with Crippen molar-refractivity contribution >= 4 is 23.8 Å². The SMILES string of the molecule is C=CCO[C@H]1[C@H](C)[C@@H](O[C@@H]2O[C@H](C)C[C@H](N(C)C)[C@H]2OC(C)=O)[C@](C)(OC)C[C@@H](C)/C(=N\OCc2c(C)cc(C)cc2C)[C@H](C)[C@H]2OC(=O)O[C@]2(C)[C@@H](CC)OC(=O)[C@@H]1C. The first-order chi connectivity index (χ1) is 28.1. The number of fused-ring (bicyclic) bond motifs is 1. The summed E-state index contributed by atoms with van der Waals surface area (Å²) in [4.78, 5) is 48.3. The Kier molecular flexibility index (Phi) is 16.8. The van der Waals surface area contributed by atoms with E-state index in [4.69, 9.17) is 47.9 Å². The van der Waals surface area contributed by atoms with E-state index in [-0.39, 0.29) is 31.3 Å². The number of rotatable bonds is 12. The summed E-state index contributed by atoms with van der Waals surface area (Å²) in [6.45, 7) is 26.9. The first-order valence-corrected chi connectivity index (χ1v) is 21.4. The molecule has 3 fully saturated rings. The summed E-state index contributed by atoms with van der Waals surface area (Å²) < 4.78 is 50.8. The molecular formula is C46H72N2O12. The molecule has 0 saturated carbocycles. The maximum Gasteiger partial charge on any atom is 0.509 e. The van der Waals surface area contributed by atoms with Crippen molar-refractivity contribution < 1.29 is 57.1 Å². The smallest absolute Gasteiger partial charge is 0.458 e. The fourth-order valence-corrected chi connectivity index (χ4v) is 9.76. The van der Waals surface area contributed by atoms with Crippen molar-refractivity contribution in [3.05, 3.63) is 47.0 Å². The second-order valence-corrected chi connectivity index (χ2v) is 17.9. The molecular weight excluding hydrogens is 773 g/mol. The van der Waals surface area contributed by atoms with Crippen LogP contribution in [0.3, 0.4) is 0 Å². The highest BCUT2D eigenvalue weighted by atomic mass is 16.8. The number of hydrogen-bond acceptors (Lipinski definition) is 14. The Labute approximate surface area is 357 Å². The van der Waals surface area contributed by atoms with E-state index in [0.717, 1.165) is 22.3 Å². The number of hydrogen-bond donors (Lipinski definition) is 0. The van der Waals surface area contributed by atoms with Crippen molar-refractivity contribution in [3.8, 4) is 0 Å². The summed E-state index contributed by atoms with van der Waals surface area (Å²) >= 11 is 0. The molecule has 0 aliphatic carbocycles. The summed E-state index contributed by atoms with van der Waals surface area (Å²) in [6, 6.07) is 4.00. The molecule has 0 radical (unpaired) electrons. The van der Waals surface area contributed by atoms with Gasteiger partial charge in [-0.1, -0.05) is 56.6 Å². The summed E-state index contributed by atoms with van der Waals surface area (Å²) in [5, 5.41) is 4.85. The third-order valence-corrected chi connectivity index (χ3v) is 12.9. The van der Waals surface area contributed by atoms with Crippen molar-refractivity contribution in [1.29, 1.82) is 0 Å². The molecule has 3 aliphatic heterocycles. The third-order valence-electron chi connectivity index (χ3n) is 12.9. The topological polar surface area (TPSA) is 150 Å². The van der Waals surface area contributed by atoms with E-state index in [9.17, 15) is 14.4 Å². The lowest BCUT2D eigenvalue weighted by molar-refractivity contribution is -0.304. The lowest BCUT2D eigenvalue weighted by Gasteiger charge is -2.49. The van der Waals surface area contributed by atoms with Crippen molar-refractivity contribution in [2.75, 3.05) is 27.8 Å². The molecule has 3 saturated heterocycles. The van der Waals surface area contributed by atoms with Crippen LogP contribution < -0.4 is 0 Å². The van der Waals surface area contributed by atoms with E-state index in [1.807, 2.05) is 74.4 Å². The summed E-state index contributed by atoms with van der Waals surface area (Å²) in [7, 11) is 5.48. The maximum atomic E-state index is 14.4. The van der Waals surface area contributed by atoms with Crippen molar-refractivity contribution in [2.45, 2.75) is 169 Å². The van der Waals surface area contributed by atoms with E-state index in [1.165, 1.54) is 6.92 Å². The summed E-state index contributed by atoms with van der Waals surface area (Å²) in [5.41, 5.74) is 2.42. The van der Waals surface area contributed by atoms with Gasteiger partial charge >= 0.3 is 18.1 Å². The van der Waals surface area contributed by atoms with Crippen LogP contribution >= 0.6 is 0 Å². The van der Waals surface area contributed by atoms with E-state index in [0.29, 0.717) is 25.0 Å². The van der Waals surface area contributed by atoms with Crippen LogP contribution in [0.2, 0.25) is 0 Å². The predicted octanol–water partition coefficient (Wildman–Crippen LogP) is 7.41. The van der Waals surface area contributed by atoms with Crippen molar-refractivity contribution in [3.63, 3.8) is 0 Å². The Bertz CT molecular complexity index is 1680. The van der Waals surface area contributed by atoms with Gasteiger partial charge in [-0.05, 0) is 98.5 Å². The number of esters is 2. The van der Waals surface area contributed by atoms with Gasteiger partial charge in [0.1, 0.15) is 12.7 Å². The van der Waals surface area contributed by atoms with Crippen LogP contribution in [0.25, 0.3) is 0 Å². The lowest BCUT2D eigenvalue weighted by atomic mass is 9.73. The highest BCUT2D eigenvalue weighted by Gasteiger charge is 2.59. The van der Waals surface area contributed by atoms with Gasteiger partial charge in [0.15, 0.2) is 24.1 Å². The summed E-state index contributed by atoms with van der Waals surface area (Å²) in [6.07, 6.45) is -3.50. The summed E-state index contributed by atoms with van der Waals surface area (Å²) in [5.74, 6) is -3.40. The molecule has 338 valence electrons. The molecule has 4 rings (SSSR count). The number of cyclic esters (lactones) is 1.